The molecule has 0 saturated heterocycles. The largest absolute Gasteiger partial charge is 0.494 e. The highest BCUT2D eigenvalue weighted by Crippen LogP contribution is 2.25. The zero-order valence-electron chi connectivity index (χ0n) is 9.14. The monoisotopic (exact) mass is 288 g/mol. The van der Waals surface area contributed by atoms with Crippen molar-refractivity contribution in [3.8, 4) is 5.75 Å². The summed E-state index contributed by atoms with van der Waals surface area (Å²) >= 11 is 3.43. The SMILES string of the molecule is COc1cccc2nc3ccc(Br)cc3nc12. The topological polar surface area (TPSA) is 35.0 Å². The smallest absolute Gasteiger partial charge is 0.146 e. The molecule has 84 valence electrons. The molecule has 0 aliphatic rings. The van der Waals surface area contributed by atoms with E-state index in [0.29, 0.717) is 0 Å². The third-order valence-corrected chi connectivity index (χ3v) is 3.10. The molecule has 4 heteroatoms. The van der Waals surface area contributed by atoms with Gasteiger partial charge in [-0.05, 0) is 30.3 Å². The summed E-state index contributed by atoms with van der Waals surface area (Å²) in [6.07, 6.45) is 0. The van der Waals surface area contributed by atoms with Crippen LogP contribution in [0, 0.1) is 0 Å². The van der Waals surface area contributed by atoms with Gasteiger partial charge in [-0.15, -0.1) is 0 Å². The zero-order chi connectivity index (χ0) is 11.8. The van der Waals surface area contributed by atoms with E-state index in [1.807, 2.05) is 36.4 Å². The highest BCUT2D eigenvalue weighted by atomic mass is 79.9. The van der Waals surface area contributed by atoms with Crippen LogP contribution in [-0.2, 0) is 0 Å². The highest BCUT2D eigenvalue weighted by molar-refractivity contribution is 9.10. The highest BCUT2D eigenvalue weighted by Gasteiger charge is 2.06. The van der Waals surface area contributed by atoms with Crippen molar-refractivity contribution in [2.75, 3.05) is 7.11 Å². The Morgan fingerprint density at radius 3 is 2.71 bits per heavy atom. The Bertz CT molecular complexity index is 712. The number of halogens is 1. The van der Waals surface area contributed by atoms with Crippen LogP contribution in [0.3, 0.4) is 0 Å². The number of rotatable bonds is 1. The summed E-state index contributed by atoms with van der Waals surface area (Å²) in [6.45, 7) is 0. The lowest BCUT2D eigenvalue weighted by molar-refractivity contribution is 0.419. The van der Waals surface area contributed by atoms with Crippen LogP contribution >= 0.6 is 15.9 Å². The predicted octanol–water partition coefficient (Wildman–Crippen LogP) is 3.55. The Hall–Kier alpha value is -1.68. The summed E-state index contributed by atoms with van der Waals surface area (Å²) < 4.78 is 6.29. The van der Waals surface area contributed by atoms with Crippen molar-refractivity contribution in [2.24, 2.45) is 0 Å². The number of benzene rings is 2. The number of fused-ring (bicyclic) bond motifs is 2. The maximum Gasteiger partial charge on any atom is 0.146 e. The first-order valence-electron chi connectivity index (χ1n) is 5.18. The molecule has 0 aliphatic heterocycles. The van der Waals surface area contributed by atoms with E-state index in [2.05, 4.69) is 25.9 Å². The first-order chi connectivity index (χ1) is 8.28. The molecule has 0 radical (unpaired) electrons. The number of para-hydroxylation sites is 1. The fraction of sp³-hybridized carbons (Fsp3) is 0.0769. The van der Waals surface area contributed by atoms with Crippen molar-refractivity contribution in [1.82, 2.24) is 9.97 Å². The third-order valence-electron chi connectivity index (χ3n) is 2.61. The average Bonchev–Trinajstić information content (AvgIpc) is 2.35. The van der Waals surface area contributed by atoms with Gasteiger partial charge in [0.15, 0.2) is 0 Å². The van der Waals surface area contributed by atoms with Gasteiger partial charge >= 0.3 is 0 Å². The molecule has 0 spiro atoms. The van der Waals surface area contributed by atoms with E-state index in [1.165, 1.54) is 0 Å². The van der Waals surface area contributed by atoms with E-state index < -0.39 is 0 Å². The molecule has 3 aromatic rings. The second kappa shape index (κ2) is 3.96. The molecule has 0 aliphatic carbocycles. The van der Waals surface area contributed by atoms with Crippen LogP contribution < -0.4 is 4.74 Å². The van der Waals surface area contributed by atoms with Gasteiger partial charge in [0.2, 0.25) is 0 Å². The Kier molecular flexibility index (Phi) is 2.44. The standard InChI is InChI=1S/C13H9BrN2O/c1-17-12-4-2-3-10-13(12)16-11-7-8(14)5-6-9(11)15-10/h2-7H,1H3. The maximum absolute atomic E-state index is 5.29. The fourth-order valence-electron chi connectivity index (χ4n) is 1.81. The van der Waals surface area contributed by atoms with Gasteiger partial charge in [0.25, 0.3) is 0 Å². The predicted molar refractivity (Wildman–Crippen MR) is 71.3 cm³/mol. The second-order valence-corrected chi connectivity index (χ2v) is 4.60. The molecule has 0 N–H and O–H groups in total. The Labute approximate surface area is 107 Å². The van der Waals surface area contributed by atoms with Crippen LogP contribution in [0.15, 0.2) is 40.9 Å². The van der Waals surface area contributed by atoms with Crippen LogP contribution in [0.1, 0.15) is 0 Å². The van der Waals surface area contributed by atoms with Gasteiger partial charge in [0.1, 0.15) is 11.3 Å². The summed E-state index contributed by atoms with van der Waals surface area (Å²) in [7, 11) is 1.64. The number of nitrogens with zero attached hydrogens (tertiary/aromatic N) is 2. The molecule has 17 heavy (non-hydrogen) atoms. The second-order valence-electron chi connectivity index (χ2n) is 3.68. The van der Waals surface area contributed by atoms with E-state index in [9.17, 15) is 0 Å². The van der Waals surface area contributed by atoms with Crippen LogP contribution in [-0.4, -0.2) is 17.1 Å². The lowest BCUT2D eigenvalue weighted by atomic mass is 10.2. The van der Waals surface area contributed by atoms with Gasteiger partial charge in [0.05, 0.1) is 23.7 Å². The average molecular weight is 289 g/mol. The van der Waals surface area contributed by atoms with Gasteiger partial charge in [0, 0.05) is 4.47 Å². The van der Waals surface area contributed by atoms with Crippen LogP contribution in [0.2, 0.25) is 0 Å². The van der Waals surface area contributed by atoms with Crippen LogP contribution in [0.4, 0.5) is 0 Å². The summed E-state index contributed by atoms with van der Waals surface area (Å²) in [4.78, 5) is 9.16. The van der Waals surface area contributed by atoms with E-state index >= 15 is 0 Å². The molecule has 0 fully saturated rings. The molecule has 0 amide bonds. The van der Waals surface area contributed by atoms with Crippen molar-refractivity contribution in [3.05, 3.63) is 40.9 Å². The Morgan fingerprint density at radius 2 is 1.88 bits per heavy atom. The minimum absolute atomic E-state index is 0.747. The van der Waals surface area contributed by atoms with E-state index in [4.69, 9.17) is 4.74 Å². The van der Waals surface area contributed by atoms with Gasteiger partial charge < -0.3 is 4.74 Å². The minimum Gasteiger partial charge on any atom is -0.494 e. The third kappa shape index (κ3) is 1.74. The molecule has 2 aromatic carbocycles. The molecule has 0 bridgehead atoms. The van der Waals surface area contributed by atoms with E-state index in [0.717, 1.165) is 32.3 Å². The molecule has 3 nitrogen and oxygen atoms in total. The first-order valence-corrected chi connectivity index (χ1v) is 5.97. The number of aromatic nitrogens is 2. The zero-order valence-corrected chi connectivity index (χ0v) is 10.7. The van der Waals surface area contributed by atoms with Gasteiger partial charge in [-0.3, -0.25) is 0 Å². The van der Waals surface area contributed by atoms with Crippen LogP contribution in [0.5, 0.6) is 5.75 Å². The quantitative estimate of drug-likeness (QED) is 0.642. The van der Waals surface area contributed by atoms with Crippen molar-refractivity contribution in [3.63, 3.8) is 0 Å². The minimum atomic E-state index is 0.747. The molecule has 1 heterocycles. The van der Waals surface area contributed by atoms with Crippen molar-refractivity contribution in [1.29, 1.82) is 0 Å². The molecular formula is C13H9BrN2O. The van der Waals surface area contributed by atoms with Gasteiger partial charge in [-0.2, -0.15) is 0 Å². The Balaban J connectivity index is 2.44. The lowest BCUT2D eigenvalue weighted by Gasteiger charge is -2.05. The van der Waals surface area contributed by atoms with Crippen molar-refractivity contribution < 1.29 is 4.74 Å². The van der Waals surface area contributed by atoms with Gasteiger partial charge in [-0.1, -0.05) is 22.0 Å². The number of hydrogen-bond donors (Lipinski definition) is 0. The summed E-state index contributed by atoms with van der Waals surface area (Å²) in [5.74, 6) is 0.747. The fourth-order valence-corrected chi connectivity index (χ4v) is 2.16. The lowest BCUT2D eigenvalue weighted by Crippen LogP contribution is -1.91. The van der Waals surface area contributed by atoms with Crippen LogP contribution in [0.25, 0.3) is 22.1 Å². The Morgan fingerprint density at radius 1 is 1.00 bits per heavy atom. The first kappa shape index (κ1) is 10.5. The maximum atomic E-state index is 5.29. The summed E-state index contributed by atoms with van der Waals surface area (Å²) in [5, 5.41) is 0. The number of hydrogen-bond acceptors (Lipinski definition) is 3. The van der Waals surface area contributed by atoms with E-state index in [1.54, 1.807) is 7.11 Å². The number of ether oxygens (including phenoxy) is 1. The molecule has 0 saturated carbocycles. The molecular weight excluding hydrogens is 280 g/mol. The summed E-state index contributed by atoms with van der Waals surface area (Å²) in [5.41, 5.74) is 3.38. The van der Waals surface area contributed by atoms with Gasteiger partial charge in [-0.25, -0.2) is 9.97 Å². The summed E-state index contributed by atoms with van der Waals surface area (Å²) in [6, 6.07) is 11.6. The van der Waals surface area contributed by atoms with E-state index in [-0.39, 0.29) is 0 Å². The van der Waals surface area contributed by atoms with Crippen molar-refractivity contribution >= 4 is 38.0 Å². The molecule has 1 aromatic heterocycles. The molecule has 0 atom stereocenters. The number of methoxy groups -OCH3 is 1. The molecule has 0 unspecified atom stereocenters. The molecule has 3 rings (SSSR count). The van der Waals surface area contributed by atoms with Crippen molar-refractivity contribution in [2.45, 2.75) is 0 Å². The normalized spacial score (nSPS) is 10.9.